The van der Waals surface area contributed by atoms with E-state index in [2.05, 4.69) is 4.18 Å². The van der Waals surface area contributed by atoms with Crippen LogP contribution >= 0.6 is 0 Å². The van der Waals surface area contributed by atoms with Crippen molar-refractivity contribution in [1.82, 2.24) is 0 Å². The minimum absolute atomic E-state index is 0. The molecule has 0 aromatic heterocycles. The smallest absolute Gasteiger partial charge is 0.726 e. The van der Waals surface area contributed by atoms with Crippen LogP contribution in [0.25, 0.3) is 0 Å². The maximum atomic E-state index is 10.1. The quantitative estimate of drug-likeness (QED) is 0.252. The van der Waals surface area contributed by atoms with Crippen molar-refractivity contribution in [2.45, 2.75) is 39.7 Å². The van der Waals surface area contributed by atoms with Gasteiger partial charge in [0.05, 0.1) is 6.10 Å². The summed E-state index contributed by atoms with van der Waals surface area (Å²) < 4.78 is 34.6. The summed E-state index contributed by atoms with van der Waals surface area (Å²) in [6.45, 7) is 5.47. The summed E-state index contributed by atoms with van der Waals surface area (Å²) in [5.74, 6) is 0. The molecular formula is C8H15NaO4S. The zero-order valence-corrected chi connectivity index (χ0v) is 11.9. The average Bonchev–Trinajstić information content (AvgIpc) is 1.81. The average molecular weight is 230 g/mol. The molecule has 0 aliphatic rings. The van der Waals surface area contributed by atoms with Gasteiger partial charge >= 0.3 is 29.6 Å². The van der Waals surface area contributed by atoms with Crippen molar-refractivity contribution in [3.63, 3.8) is 0 Å². The third-order valence-corrected chi connectivity index (χ3v) is 1.97. The van der Waals surface area contributed by atoms with Gasteiger partial charge in [-0.15, -0.1) is 0 Å². The molecule has 0 bridgehead atoms. The molecule has 0 aromatic carbocycles. The molecule has 6 heteroatoms. The predicted octanol–water partition coefficient (Wildman–Crippen LogP) is -1.40. The van der Waals surface area contributed by atoms with Gasteiger partial charge in [-0.05, 0) is 33.6 Å². The Morgan fingerprint density at radius 3 is 2.36 bits per heavy atom. The van der Waals surface area contributed by atoms with E-state index >= 15 is 0 Å². The molecule has 0 saturated heterocycles. The summed E-state index contributed by atoms with van der Waals surface area (Å²) in [6.07, 6.45) is 2.68. The number of rotatable bonds is 5. The molecule has 14 heavy (non-hydrogen) atoms. The van der Waals surface area contributed by atoms with Crippen LogP contribution in [0.5, 0.6) is 0 Å². The maximum absolute atomic E-state index is 10.1. The molecule has 1 atom stereocenters. The molecule has 0 aromatic rings. The minimum Gasteiger partial charge on any atom is -0.726 e. The fraction of sp³-hybridized carbons (Fsp3) is 0.750. The normalized spacial score (nSPS) is 12.9. The first-order valence-electron chi connectivity index (χ1n) is 4.08. The van der Waals surface area contributed by atoms with E-state index in [9.17, 15) is 13.0 Å². The van der Waals surface area contributed by atoms with E-state index in [-0.39, 0.29) is 29.6 Å². The van der Waals surface area contributed by atoms with Crippen LogP contribution < -0.4 is 29.6 Å². The Kier molecular flexibility index (Phi) is 9.54. The molecule has 0 heterocycles. The molecule has 0 N–H and O–H groups in total. The molecule has 0 radical (unpaired) electrons. The fourth-order valence-electron chi connectivity index (χ4n) is 0.856. The van der Waals surface area contributed by atoms with Gasteiger partial charge in [0.25, 0.3) is 0 Å². The first-order chi connectivity index (χ1) is 5.81. The van der Waals surface area contributed by atoms with Crippen LogP contribution in [0, 0.1) is 0 Å². The van der Waals surface area contributed by atoms with Crippen molar-refractivity contribution < 1.29 is 46.7 Å². The largest absolute Gasteiger partial charge is 1.00 e. The predicted molar refractivity (Wildman–Crippen MR) is 48.9 cm³/mol. The van der Waals surface area contributed by atoms with Crippen LogP contribution in [-0.4, -0.2) is 19.1 Å². The summed E-state index contributed by atoms with van der Waals surface area (Å²) in [5, 5.41) is 0. The van der Waals surface area contributed by atoms with Gasteiger partial charge in [-0.25, -0.2) is 8.42 Å². The summed E-state index contributed by atoms with van der Waals surface area (Å²) in [5.41, 5.74) is 1.16. The molecular weight excluding hydrogens is 215 g/mol. The van der Waals surface area contributed by atoms with Crippen LogP contribution in [-0.2, 0) is 14.6 Å². The minimum atomic E-state index is -4.54. The van der Waals surface area contributed by atoms with Crippen LogP contribution in [0.15, 0.2) is 11.6 Å². The molecule has 0 aliphatic heterocycles. The van der Waals surface area contributed by atoms with Crippen LogP contribution in [0.4, 0.5) is 0 Å². The Morgan fingerprint density at radius 1 is 1.50 bits per heavy atom. The second-order valence-electron chi connectivity index (χ2n) is 3.17. The van der Waals surface area contributed by atoms with Gasteiger partial charge in [0, 0.05) is 0 Å². The van der Waals surface area contributed by atoms with E-state index in [1.807, 2.05) is 19.9 Å². The number of hydrogen-bond donors (Lipinski definition) is 0. The van der Waals surface area contributed by atoms with E-state index in [0.29, 0.717) is 6.42 Å². The third-order valence-electron chi connectivity index (χ3n) is 1.41. The van der Waals surface area contributed by atoms with Crippen molar-refractivity contribution in [2.75, 3.05) is 0 Å². The first-order valence-corrected chi connectivity index (χ1v) is 5.42. The second-order valence-corrected chi connectivity index (χ2v) is 4.18. The number of allylic oxidation sites excluding steroid dienone is 2. The Morgan fingerprint density at radius 2 is 2.00 bits per heavy atom. The first kappa shape index (κ1) is 17.0. The fourth-order valence-corrected chi connectivity index (χ4v) is 1.35. The van der Waals surface area contributed by atoms with Gasteiger partial charge in [0.2, 0.25) is 10.4 Å². The molecule has 78 valence electrons. The van der Waals surface area contributed by atoms with Gasteiger partial charge in [-0.1, -0.05) is 11.6 Å². The van der Waals surface area contributed by atoms with Crippen molar-refractivity contribution in [3.05, 3.63) is 11.6 Å². The SMILES string of the molecule is CC(C)=CCC[C@@H](C)OS(=O)(=O)[O-].[Na+]. The van der Waals surface area contributed by atoms with Crippen LogP contribution in [0.3, 0.4) is 0 Å². The Balaban J connectivity index is 0. The molecule has 0 amide bonds. The van der Waals surface area contributed by atoms with E-state index in [0.717, 1.165) is 12.0 Å². The van der Waals surface area contributed by atoms with Gasteiger partial charge < -0.3 is 4.55 Å². The maximum Gasteiger partial charge on any atom is 1.00 e. The van der Waals surface area contributed by atoms with E-state index in [1.165, 1.54) is 0 Å². The zero-order chi connectivity index (χ0) is 10.5. The summed E-state index contributed by atoms with van der Waals surface area (Å²) in [7, 11) is -4.54. The Bertz CT molecular complexity index is 267. The molecule has 0 saturated carbocycles. The summed E-state index contributed by atoms with van der Waals surface area (Å²) >= 11 is 0. The van der Waals surface area contributed by atoms with Crippen molar-refractivity contribution in [2.24, 2.45) is 0 Å². The third kappa shape index (κ3) is 12.6. The summed E-state index contributed by atoms with van der Waals surface area (Å²) in [6, 6.07) is 0. The van der Waals surface area contributed by atoms with E-state index in [4.69, 9.17) is 0 Å². The molecule has 0 spiro atoms. The molecule has 0 rings (SSSR count). The Labute approximate surface area is 108 Å². The second kappa shape index (κ2) is 7.84. The summed E-state index contributed by atoms with van der Waals surface area (Å²) in [4.78, 5) is 0. The van der Waals surface area contributed by atoms with Crippen LogP contribution in [0.2, 0.25) is 0 Å². The molecule has 4 nitrogen and oxygen atoms in total. The zero-order valence-electron chi connectivity index (χ0n) is 9.11. The molecule has 0 fully saturated rings. The van der Waals surface area contributed by atoms with Gasteiger partial charge in [-0.2, -0.15) is 0 Å². The van der Waals surface area contributed by atoms with E-state index in [1.54, 1.807) is 6.92 Å². The van der Waals surface area contributed by atoms with Crippen molar-refractivity contribution >= 4 is 10.4 Å². The van der Waals surface area contributed by atoms with Crippen molar-refractivity contribution in [1.29, 1.82) is 0 Å². The topological polar surface area (TPSA) is 66.4 Å². The standard InChI is InChI=1S/C8H16O4S.Na/c1-7(2)5-4-6-8(3)12-13(9,10)11;/h5,8H,4,6H2,1-3H3,(H,9,10,11);/q;+1/p-1/t8-;/m1./s1. The van der Waals surface area contributed by atoms with Crippen molar-refractivity contribution in [3.8, 4) is 0 Å². The van der Waals surface area contributed by atoms with Crippen LogP contribution in [0.1, 0.15) is 33.6 Å². The molecule has 0 aliphatic carbocycles. The van der Waals surface area contributed by atoms with Gasteiger partial charge in [-0.3, -0.25) is 4.18 Å². The van der Waals surface area contributed by atoms with E-state index < -0.39 is 16.5 Å². The van der Waals surface area contributed by atoms with Gasteiger partial charge in [0.15, 0.2) is 0 Å². The Hall–Kier alpha value is 0.610. The molecule has 0 unspecified atom stereocenters. The number of hydrogen-bond acceptors (Lipinski definition) is 4. The monoisotopic (exact) mass is 230 g/mol. The van der Waals surface area contributed by atoms with Gasteiger partial charge in [0.1, 0.15) is 0 Å².